The van der Waals surface area contributed by atoms with Gasteiger partial charge in [0, 0.05) is 12.6 Å². The maximum Gasteiger partial charge on any atom is 0.248 e. The maximum atomic E-state index is 11.0. The van der Waals surface area contributed by atoms with Gasteiger partial charge in [0.05, 0.1) is 19.8 Å². The number of hydrogen-bond donors (Lipinski definition) is 2. The summed E-state index contributed by atoms with van der Waals surface area (Å²) in [7, 11) is 0. The van der Waals surface area contributed by atoms with Gasteiger partial charge in [0.2, 0.25) is 5.91 Å². The standard InChI is InChI=1S/C8H13NO4/c10-4-6-13-5-3-9-7(11)1-2-8(9)12/h1-2,7,10-11H,3-6H2. The number of carbonyl (C=O) groups is 1. The average molecular weight is 187 g/mol. The molecular weight excluding hydrogens is 174 g/mol. The van der Waals surface area contributed by atoms with E-state index in [-0.39, 0.29) is 19.1 Å². The van der Waals surface area contributed by atoms with Gasteiger partial charge in [0.1, 0.15) is 6.23 Å². The van der Waals surface area contributed by atoms with Crippen LogP contribution >= 0.6 is 0 Å². The molecule has 0 aromatic heterocycles. The van der Waals surface area contributed by atoms with Crippen LogP contribution < -0.4 is 0 Å². The second-order valence-electron chi connectivity index (χ2n) is 2.64. The molecular formula is C8H13NO4. The SMILES string of the molecule is O=C1C=CC(O)N1CCOCCO. The second kappa shape index (κ2) is 4.96. The lowest BCUT2D eigenvalue weighted by Crippen LogP contribution is -2.36. The zero-order chi connectivity index (χ0) is 9.68. The molecule has 2 N–H and O–H groups in total. The normalized spacial score (nSPS) is 21.5. The molecule has 1 unspecified atom stereocenters. The number of aliphatic hydroxyl groups is 2. The summed E-state index contributed by atoms with van der Waals surface area (Å²) in [6, 6.07) is 0. The monoisotopic (exact) mass is 187 g/mol. The van der Waals surface area contributed by atoms with Crippen molar-refractivity contribution in [2.24, 2.45) is 0 Å². The fourth-order valence-electron chi connectivity index (χ4n) is 1.07. The van der Waals surface area contributed by atoms with Crippen LogP contribution in [0.5, 0.6) is 0 Å². The zero-order valence-corrected chi connectivity index (χ0v) is 7.22. The molecule has 1 rings (SSSR count). The quantitative estimate of drug-likeness (QED) is 0.525. The summed E-state index contributed by atoms with van der Waals surface area (Å²) in [5, 5.41) is 17.6. The Bertz CT molecular complexity index is 204. The summed E-state index contributed by atoms with van der Waals surface area (Å²) in [6.07, 6.45) is 1.93. The van der Waals surface area contributed by atoms with Crippen LogP contribution in [0.3, 0.4) is 0 Å². The molecule has 5 heteroatoms. The molecule has 74 valence electrons. The first-order chi connectivity index (χ1) is 6.25. The van der Waals surface area contributed by atoms with Crippen LogP contribution in [0.25, 0.3) is 0 Å². The molecule has 13 heavy (non-hydrogen) atoms. The molecule has 0 spiro atoms. The first-order valence-corrected chi connectivity index (χ1v) is 4.11. The lowest BCUT2D eigenvalue weighted by Gasteiger charge is -2.19. The highest BCUT2D eigenvalue weighted by molar-refractivity contribution is 5.90. The number of aliphatic hydroxyl groups excluding tert-OH is 2. The van der Waals surface area contributed by atoms with Gasteiger partial charge in [0.25, 0.3) is 0 Å². The largest absolute Gasteiger partial charge is 0.394 e. The minimum Gasteiger partial charge on any atom is -0.394 e. The van der Waals surface area contributed by atoms with E-state index in [9.17, 15) is 9.90 Å². The Labute approximate surface area is 76.2 Å². The van der Waals surface area contributed by atoms with Gasteiger partial charge < -0.3 is 19.8 Å². The van der Waals surface area contributed by atoms with Crippen molar-refractivity contribution in [3.05, 3.63) is 12.2 Å². The van der Waals surface area contributed by atoms with Crippen LogP contribution in [0.15, 0.2) is 12.2 Å². The van der Waals surface area contributed by atoms with Crippen molar-refractivity contribution in [2.45, 2.75) is 6.23 Å². The average Bonchev–Trinajstić information content (AvgIpc) is 2.42. The molecule has 5 nitrogen and oxygen atoms in total. The van der Waals surface area contributed by atoms with Crippen LogP contribution in [0.4, 0.5) is 0 Å². The van der Waals surface area contributed by atoms with Gasteiger partial charge in [-0.05, 0) is 6.08 Å². The topological polar surface area (TPSA) is 70.0 Å². The van der Waals surface area contributed by atoms with Gasteiger partial charge in [-0.1, -0.05) is 0 Å². The number of carbonyl (C=O) groups excluding carboxylic acids is 1. The summed E-state index contributed by atoms with van der Waals surface area (Å²) in [5.41, 5.74) is 0. The molecule has 0 aromatic carbocycles. The molecule has 0 fully saturated rings. The predicted molar refractivity (Wildman–Crippen MR) is 44.8 cm³/mol. The third-order valence-corrected chi connectivity index (χ3v) is 1.73. The van der Waals surface area contributed by atoms with Crippen molar-refractivity contribution < 1.29 is 19.7 Å². The highest BCUT2D eigenvalue weighted by Crippen LogP contribution is 2.07. The minimum absolute atomic E-state index is 0.0330. The van der Waals surface area contributed by atoms with Crippen molar-refractivity contribution in [2.75, 3.05) is 26.4 Å². The van der Waals surface area contributed by atoms with E-state index in [4.69, 9.17) is 9.84 Å². The predicted octanol–water partition coefficient (Wildman–Crippen LogP) is -1.29. The van der Waals surface area contributed by atoms with Crippen LogP contribution in [-0.4, -0.2) is 53.6 Å². The van der Waals surface area contributed by atoms with E-state index in [0.29, 0.717) is 13.2 Å². The van der Waals surface area contributed by atoms with E-state index >= 15 is 0 Å². The lowest BCUT2D eigenvalue weighted by atomic mass is 10.5. The number of hydrogen-bond acceptors (Lipinski definition) is 4. The van der Waals surface area contributed by atoms with Crippen LogP contribution in [0.1, 0.15) is 0 Å². The summed E-state index contributed by atoms with van der Waals surface area (Å²) in [4.78, 5) is 12.3. The third-order valence-electron chi connectivity index (χ3n) is 1.73. The number of rotatable bonds is 5. The molecule has 0 aliphatic carbocycles. The Hall–Kier alpha value is -0.910. The van der Waals surface area contributed by atoms with Gasteiger partial charge in [-0.3, -0.25) is 4.79 Å². The van der Waals surface area contributed by atoms with Crippen LogP contribution in [0, 0.1) is 0 Å². The number of nitrogens with zero attached hydrogens (tertiary/aromatic N) is 1. The highest BCUT2D eigenvalue weighted by atomic mass is 16.5. The molecule has 0 saturated carbocycles. The highest BCUT2D eigenvalue weighted by Gasteiger charge is 2.22. The molecule has 1 aliphatic rings. The first-order valence-electron chi connectivity index (χ1n) is 4.11. The van der Waals surface area contributed by atoms with Gasteiger partial charge >= 0.3 is 0 Å². The summed E-state index contributed by atoms with van der Waals surface area (Å²) in [6.45, 7) is 0.887. The molecule has 1 atom stereocenters. The molecule has 0 aromatic rings. The Kier molecular flexibility index (Phi) is 3.88. The van der Waals surface area contributed by atoms with E-state index < -0.39 is 6.23 Å². The lowest BCUT2D eigenvalue weighted by molar-refractivity contribution is -0.131. The fourth-order valence-corrected chi connectivity index (χ4v) is 1.07. The van der Waals surface area contributed by atoms with E-state index in [1.165, 1.54) is 17.1 Å². The van der Waals surface area contributed by atoms with E-state index in [0.717, 1.165) is 0 Å². The Morgan fingerprint density at radius 2 is 2.31 bits per heavy atom. The minimum atomic E-state index is -0.828. The molecule has 1 heterocycles. The summed E-state index contributed by atoms with van der Waals surface area (Å²) in [5.74, 6) is -0.208. The zero-order valence-electron chi connectivity index (χ0n) is 7.22. The van der Waals surface area contributed by atoms with Gasteiger partial charge in [-0.25, -0.2) is 0 Å². The molecule has 1 aliphatic heterocycles. The van der Waals surface area contributed by atoms with Crippen LogP contribution in [0.2, 0.25) is 0 Å². The van der Waals surface area contributed by atoms with E-state index in [2.05, 4.69) is 0 Å². The maximum absolute atomic E-state index is 11.0. The van der Waals surface area contributed by atoms with Crippen molar-refractivity contribution in [1.29, 1.82) is 0 Å². The number of amides is 1. The van der Waals surface area contributed by atoms with E-state index in [1.54, 1.807) is 0 Å². The van der Waals surface area contributed by atoms with E-state index in [1.807, 2.05) is 0 Å². The molecule has 0 bridgehead atoms. The van der Waals surface area contributed by atoms with Crippen molar-refractivity contribution in [1.82, 2.24) is 4.90 Å². The smallest absolute Gasteiger partial charge is 0.248 e. The summed E-state index contributed by atoms with van der Waals surface area (Å²) < 4.78 is 4.96. The van der Waals surface area contributed by atoms with Crippen molar-refractivity contribution in [3.63, 3.8) is 0 Å². The van der Waals surface area contributed by atoms with Crippen molar-refractivity contribution in [3.8, 4) is 0 Å². The van der Waals surface area contributed by atoms with Crippen molar-refractivity contribution >= 4 is 5.91 Å². The van der Waals surface area contributed by atoms with Gasteiger partial charge in [-0.15, -0.1) is 0 Å². The van der Waals surface area contributed by atoms with Gasteiger partial charge in [0.15, 0.2) is 0 Å². The summed E-state index contributed by atoms with van der Waals surface area (Å²) >= 11 is 0. The van der Waals surface area contributed by atoms with Crippen LogP contribution in [-0.2, 0) is 9.53 Å². The Morgan fingerprint density at radius 1 is 1.54 bits per heavy atom. The van der Waals surface area contributed by atoms with Gasteiger partial charge in [-0.2, -0.15) is 0 Å². The number of ether oxygens (including phenoxy) is 1. The molecule has 0 saturated heterocycles. The second-order valence-corrected chi connectivity index (χ2v) is 2.64. The Morgan fingerprint density at radius 3 is 2.85 bits per heavy atom. The molecule has 0 radical (unpaired) electrons. The Balaban J connectivity index is 2.18. The molecule has 1 amide bonds. The fraction of sp³-hybridized carbons (Fsp3) is 0.625. The first kappa shape index (κ1) is 10.2. The third kappa shape index (κ3) is 2.80.